The van der Waals surface area contributed by atoms with Gasteiger partial charge in [0.2, 0.25) is 23.4 Å². The molecule has 2 atom stereocenters. The summed E-state index contributed by atoms with van der Waals surface area (Å²) in [7, 11) is 1.28. The topological polar surface area (TPSA) is 199 Å². The molecule has 5 rings (SSSR count). The molecule has 3 saturated carbocycles. The molecule has 0 spiro atoms. The Labute approximate surface area is 228 Å². The quantitative estimate of drug-likeness (QED) is 0.202. The zero-order chi connectivity index (χ0) is 29.2. The van der Waals surface area contributed by atoms with Crippen molar-refractivity contribution >= 4 is 40.9 Å². The molecule has 4 N–H and O–H groups in total. The number of rotatable bonds is 12. The van der Waals surface area contributed by atoms with Gasteiger partial charge in [-0.2, -0.15) is 0 Å². The molecule has 3 fully saturated rings. The van der Waals surface area contributed by atoms with Gasteiger partial charge in [-0.05, 0) is 43.2 Å². The molecule has 14 nitrogen and oxygen atoms in total. The molecule has 0 unspecified atom stereocenters. The van der Waals surface area contributed by atoms with Crippen LogP contribution in [0.25, 0.3) is 0 Å². The number of likely N-dealkylation sites (N-methyl/N-ethyl adjacent to an activating group) is 1. The average molecular weight is 555 g/mol. The predicted molar refractivity (Wildman–Crippen MR) is 138 cm³/mol. The zero-order valence-electron chi connectivity index (χ0n) is 22.2. The van der Waals surface area contributed by atoms with Gasteiger partial charge in [0.1, 0.15) is 24.5 Å². The van der Waals surface area contributed by atoms with Crippen LogP contribution in [0.2, 0.25) is 0 Å². The van der Waals surface area contributed by atoms with Gasteiger partial charge in [-0.1, -0.05) is 6.92 Å². The molecule has 4 amide bonds. The van der Waals surface area contributed by atoms with Crippen molar-refractivity contribution in [3.8, 4) is 0 Å². The molecule has 0 radical (unpaired) electrons. The van der Waals surface area contributed by atoms with Gasteiger partial charge in [-0.25, -0.2) is 4.98 Å². The fourth-order valence-corrected chi connectivity index (χ4v) is 4.96. The molecule has 40 heavy (non-hydrogen) atoms. The number of nitrogens with one attached hydrogen (secondary N) is 4. The van der Waals surface area contributed by atoms with Crippen molar-refractivity contribution in [3.63, 3.8) is 0 Å². The first-order valence-corrected chi connectivity index (χ1v) is 12.8. The van der Waals surface area contributed by atoms with E-state index in [4.69, 9.17) is 4.42 Å². The monoisotopic (exact) mass is 554 g/mol. The second-order valence-corrected chi connectivity index (χ2v) is 10.2. The highest BCUT2D eigenvalue weighted by molar-refractivity contribution is 6.36. The van der Waals surface area contributed by atoms with E-state index in [2.05, 4.69) is 33.2 Å². The van der Waals surface area contributed by atoms with Gasteiger partial charge >= 0.3 is 0 Å². The molecule has 14 heteroatoms. The number of carbonyl (C=O) groups is 6. The number of pyridine rings is 1. The van der Waals surface area contributed by atoms with Crippen molar-refractivity contribution in [2.75, 3.05) is 12.4 Å². The normalized spacial score (nSPS) is 21.2. The van der Waals surface area contributed by atoms with Crippen LogP contribution in [0.15, 0.2) is 33.8 Å². The summed E-state index contributed by atoms with van der Waals surface area (Å²) >= 11 is 0. The first kappa shape index (κ1) is 28.4. The van der Waals surface area contributed by atoms with Crippen LogP contribution in [0, 0.1) is 11.8 Å². The summed E-state index contributed by atoms with van der Waals surface area (Å²) in [6.07, 6.45) is 3.55. The summed E-state index contributed by atoms with van der Waals surface area (Å²) in [4.78, 5) is 90.3. The maximum atomic E-state index is 13.1. The van der Waals surface area contributed by atoms with Crippen molar-refractivity contribution < 1.29 is 33.2 Å². The molecular weight excluding hydrogens is 524 g/mol. The standard InChI is InChI=1S/C26H30N6O8/c1-13-15-9-26(13,10-15)31-20(35)11-32-8-4-5-17(25(32)39)29-21(36)16(6-7-19(34)23(38)27-3)28-22(37)18-12-40-24(30-18)14(2)33/h4-5,8,12-13,15-16H,6-7,9-11H2,1-3H3,(H,27,38)(H,28,37)(H,29,36)(H,31,35)/t13-,15?,16-,26?/m0/s1. The van der Waals surface area contributed by atoms with Gasteiger partial charge in [0.25, 0.3) is 23.3 Å². The minimum Gasteiger partial charge on any atom is -0.441 e. The van der Waals surface area contributed by atoms with Gasteiger partial charge in [-0.15, -0.1) is 0 Å². The van der Waals surface area contributed by atoms with E-state index in [1.54, 1.807) is 0 Å². The number of carbonyl (C=O) groups excluding carboxylic acids is 6. The lowest BCUT2D eigenvalue weighted by molar-refractivity contribution is -0.151. The van der Waals surface area contributed by atoms with Crippen LogP contribution in [-0.2, 0) is 25.7 Å². The number of anilines is 1. The van der Waals surface area contributed by atoms with Gasteiger partial charge in [0, 0.05) is 32.1 Å². The number of oxazole rings is 1. The predicted octanol–water partition coefficient (Wildman–Crippen LogP) is -0.214. The van der Waals surface area contributed by atoms with E-state index < -0.39 is 47.3 Å². The van der Waals surface area contributed by atoms with Crippen LogP contribution >= 0.6 is 0 Å². The Morgan fingerprint density at radius 1 is 1.20 bits per heavy atom. The minimum absolute atomic E-state index is 0.156. The Bertz CT molecular complexity index is 1440. The van der Waals surface area contributed by atoms with Crippen LogP contribution in [0.5, 0.6) is 0 Å². The molecule has 2 aromatic heterocycles. The van der Waals surface area contributed by atoms with Gasteiger partial charge in [-0.3, -0.25) is 33.6 Å². The van der Waals surface area contributed by atoms with Gasteiger partial charge in [0.05, 0.1) is 0 Å². The molecule has 0 aliphatic heterocycles. The fraction of sp³-hybridized carbons (Fsp3) is 0.462. The van der Waals surface area contributed by atoms with E-state index in [1.807, 2.05) is 0 Å². The molecule has 0 aromatic carbocycles. The summed E-state index contributed by atoms with van der Waals surface area (Å²) < 4.78 is 6.09. The highest BCUT2D eigenvalue weighted by Crippen LogP contribution is 2.61. The molecule has 0 saturated heterocycles. The Balaban J connectivity index is 1.45. The molecular formula is C26H30N6O8. The highest BCUT2D eigenvalue weighted by Gasteiger charge is 2.63. The Hall–Kier alpha value is -4.62. The smallest absolute Gasteiger partial charge is 0.287 e. The lowest BCUT2D eigenvalue weighted by Gasteiger charge is -2.67. The second-order valence-electron chi connectivity index (χ2n) is 10.2. The summed E-state index contributed by atoms with van der Waals surface area (Å²) in [6, 6.07) is 1.44. The van der Waals surface area contributed by atoms with E-state index in [0.717, 1.165) is 23.7 Å². The van der Waals surface area contributed by atoms with Gasteiger partial charge < -0.3 is 30.3 Å². The number of nitrogens with zero attached hydrogens (tertiary/aromatic N) is 2. The van der Waals surface area contributed by atoms with Crippen LogP contribution in [0.3, 0.4) is 0 Å². The van der Waals surface area contributed by atoms with Crippen molar-refractivity contribution in [1.82, 2.24) is 25.5 Å². The number of hydrogen-bond acceptors (Lipinski definition) is 9. The van der Waals surface area contributed by atoms with Crippen molar-refractivity contribution in [2.24, 2.45) is 11.8 Å². The maximum Gasteiger partial charge on any atom is 0.287 e. The number of amides is 4. The largest absolute Gasteiger partial charge is 0.441 e. The first-order valence-electron chi connectivity index (χ1n) is 12.8. The van der Waals surface area contributed by atoms with Crippen molar-refractivity contribution in [3.05, 3.63) is 46.5 Å². The van der Waals surface area contributed by atoms with Crippen LogP contribution < -0.4 is 26.8 Å². The van der Waals surface area contributed by atoms with Crippen LogP contribution in [0.4, 0.5) is 5.69 Å². The first-order chi connectivity index (χ1) is 18.9. The third-order valence-electron chi connectivity index (χ3n) is 7.61. The third-order valence-corrected chi connectivity index (χ3v) is 7.61. The third kappa shape index (κ3) is 5.70. The zero-order valence-corrected chi connectivity index (χ0v) is 22.2. The summed E-state index contributed by atoms with van der Waals surface area (Å²) in [6.45, 7) is 3.04. The van der Waals surface area contributed by atoms with Crippen LogP contribution in [-0.4, -0.2) is 63.4 Å². The van der Waals surface area contributed by atoms with E-state index in [1.165, 1.54) is 32.3 Å². The van der Waals surface area contributed by atoms with E-state index in [0.29, 0.717) is 11.8 Å². The summed E-state index contributed by atoms with van der Waals surface area (Å²) in [5, 5.41) is 10.0. The van der Waals surface area contributed by atoms with Gasteiger partial charge in [0.15, 0.2) is 5.69 Å². The maximum absolute atomic E-state index is 13.1. The number of Topliss-reactive ketones (excluding diaryl/α,β-unsaturated/α-hetero) is 2. The number of ketones is 2. The molecule has 2 aromatic rings. The van der Waals surface area contributed by atoms with Crippen LogP contribution in [0.1, 0.15) is 60.7 Å². The molecule has 2 bridgehead atoms. The fourth-order valence-electron chi connectivity index (χ4n) is 4.96. The number of hydrogen-bond donors (Lipinski definition) is 4. The second kappa shape index (κ2) is 11.2. The lowest BCUT2D eigenvalue weighted by atomic mass is 9.43. The minimum atomic E-state index is -1.37. The van der Waals surface area contributed by atoms with E-state index in [-0.39, 0.29) is 41.7 Å². The Morgan fingerprint density at radius 2 is 1.93 bits per heavy atom. The average Bonchev–Trinajstić information content (AvgIpc) is 3.41. The number of aromatic nitrogens is 2. The Morgan fingerprint density at radius 3 is 2.50 bits per heavy atom. The molecule has 3 aliphatic rings. The molecule has 212 valence electrons. The summed E-state index contributed by atoms with van der Waals surface area (Å²) in [5.74, 6) is -3.51. The SMILES string of the molecule is CNC(=O)C(=O)CC[C@H](NC(=O)c1coc(C(C)=O)n1)C(=O)Nc1cccn(CC(=O)NC23CC(C2)[C@@H]3C)c1=O. The van der Waals surface area contributed by atoms with E-state index in [9.17, 15) is 33.6 Å². The van der Waals surface area contributed by atoms with Crippen molar-refractivity contribution in [2.45, 2.75) is 57.7 Å². The van der Waals surface area contributed by atoms with Crippen molar-refractivity contribution in [1.29, 1.82) is 0 Å². The molecule has 3 aliphatic carbocycles. The lowest BCUT2D eigenvalue weighted by Crippen LogP contribution is -2.74. The highest BCUT2D eigenvalue weighted by atomic mass is 16.3. The molecule has 2 heterocycles. The Kier molecular flexibility index (Phi) is 7.98. The summed E-state index contributed by atoms with van der Waals surface area (Å²) in [5.41, 5.74) is -1.28. The van der Waals surface area contributed by atoms with E-state index >= 15 is 0 Å².